The van der Waals surface area contributed by atoms with Crippen LogP contribution in [0.3, 0.4) is 0 Å². The van der Waals surface area contributed by atoms with Crippen molar-refractivity contribution in [1.29, 1.82) is 0 Å². The molecular weight excluding hydrogens is 518 g/mol. The molecule has 4 aromatic rings. The summed E-state index contributed by atoms with van der Waals surface area (Å²) in [6.07, 6.45) is 12.8. The summed E-state index contributed by atoms with van der Waals surface area (Å²) in [5, 5.41) is 10.8. The topological polar surface area (TPSA) is 122 Å². The van der Waals surface area contributed by atoms with Gasteiger partial charge in [0.25, 0.3) is 11.5 Å². The van der Waals surface area contributed by atoms with Crippen molar-refractivity contribution in [2.24, 2.45) is 0 Å². The van der Waals surface area contributed by atoms with Crippen LogP contribution in [0.4, 0.5) is 17.3 Å². The zero-order valence-electron chi connectivity index (χ0n) is 23.4. The van der Waals surface area contributed by atoms with E-state index in [-0.39, 0.29) is 18.0 Å². The molecule has 0 bridgehead atoms. The predicted molar refractivity (Wildman–Crippen MR) is 161 cm³/mol. The summed E-state index contributed by atoms with van der Waals surface area (Å²) in [6.45, 7) is 2.24. The number of piperidine rings is 1. The molecule has 1 saturated heterocycles. The fourth-order valence-corrected chi connectivity index (χ4v) is 5.47. The van der Waals surface area contributed by atoms with Gasteiger partial charge in [0.1, 0.15) is 17.0 Å². The number of fused-ring (bicyclic) bond motifs is 1. The van der Waals surface area contributed by atoms with Crippen LogP contribution in [0, 0.1) is 0 Å². The van der Waals surface area contributed by atoms with Crippen LogP contribution in [0.2, 0.25) is 0 Å². The number of nitrogens with one attached hydrogen (secondary N) is 3. The number of amides is 1. The van der Waals surface area contributed by atoms with E-state index in [4.69, 9.17) is 4.98 Å². The van der Waals surface area contributed by atoms with E-state index in [0.29, 0.717) is 28.8 Å². The Bertz CT molecular complexity index is 1650. The molecule has 3 aromatic heterocycles. The highest BCUT2D eigenvalue weighted by atomic mass is 16.2. The van der Waals surface area contributed by atoms with E-state index in [1.165, 1.54) is 15.2 Å². The normalized spacial score (nSPS) is 15.6. The van der Waals surface area contributed by atoms with E-state index in [0.717, 1.165) is 56.6 Å². The van der Waals surface area contributed by atoms with Gasteiger partial charge in [-0.1, -0.05) is 6.08 Å². The molecule has 2 aliphatic rings. The first kappa shape index (κ1) is 26.7. The molecule has 212 valence electrons. The maximum atomic E-state index is 13.7. The lowest BCUT2D eigenvalue weighted by Gasteiger charge is -2.24. The first-order chi connectivity index (χ1) is 20.0. The highest BCUT2D eigenvalue weighted by Gasteiger charge is 2.21. The van der Waals surface area contributed by atoms with Gasteiger partial charge < -0.3 is 25.4 Å². The average Bonchev–Trinajstić information content (AvgIpc) is 3.68. The van der Waals surface area contributed by atoms with Crippen LogP contribution in [0.1, 0.15) is 48.3 Å². The van der Waals surface area contributed by atoms with Crippen LogP contribution in [0.15, 0.2) is 59.8 Å². The number of allylic oxidation sites excluding steroid dienone is 2. The summed E-state index contributed by atoms with van der Waals surface area (Å²) in [5.74, 6) is 0.701. The molecule has 0 saturated carbocycles. The van der Waals surface area contributed by atoms with Gasteiger partial charge in [-0.25, -0.2) is 9.97 Å². The molecule has 0 radical (unpaired) electrons. The van der Waals surface area contributed by atoms with Gasteiger partial charge in [0.15, 0.2) is 0 Å². The van der Waals surface area contributed by atoms with Gasteiger partial charge in [0.05, 0.1) is 6.54 Å². The Balaban J connectivity index is 1.32. The number of carbonyl (C=O) groups is 1. The summed E-state index contributed by atoms with van der Waals surface area (Å²) in [6, 6.07) is 10.1. The maximum Gasteiger partial charge on any atom is 0.265 e. The second-order valence-corrected chi connectivity index (χ2v) is 10.8. The largest absolute Gasteiger partial charge is 0.382 e. The van der Waals surface area contributed by atoms with Crippen LogP contribution in [0.25, 0.3) is 16.7 Å². The van der Waals surface area contributed by atoms with E-state index in [9.17, 15) is 9.59 Å². The molecule has 3 N–H and O–H groups in total. The molecule has 11 heteroatoms. The number of hydrogen-bond acceptors (Lipinski definition) is 8. The quantitative estimate of drug-likeness (QED) is 0.302. The number of pyridine rings is 1. The molecule has 1 aromatic carbocycles. The fraction of sp³-hybridized carbons (Fsp3) is 0.367. The number of anilines is 3. The predicted octanol–water partition coefficient (Wildman–Crippen LogP) is 3.67. The minimum atomic E-state index is -0.413. The van der Waals surface area contributed by atoms with Gasteiger partial charge >= 0.3 is 0 Å². The van der Waals surface area contributed by atoms with Crippen LogP contribution in [0.5, 0.6) is 0 Å². The van der Waals surface area contributed by atoms with Crippen molar-refractivity contribution in [3.8, 4) is 0 Å². The molecule has 1 fully saturated rings. The molecule has 6 rings (SSSR count). The molecule has 0 spiro atoms. The third-order valence-corrected chi connectivity index (χ3v) is 7.66. The Morgan fingerprint density at radius 1 is 1.12 bits per heavy atom. The van der Waals surface area contributed by atoms with Crippen LogP contribution < -0.4 is 21.5 Å². The molecule has 0 unspecified atom stereocenters. The van der Waals surface area contributed by atoms with E-state index >= 15 is 0 Å². The van der Waals surface area contributed by atoms with Crippen molar-refractivity contribution in [2.45, 2.75) is 44.7 Å². The summed E-state index contributed by atoms with van der Waals surface area (Å²) >= 11 is 0. The first-order valence-electron chi connectivity index (χ1n) is 14.1. The van der Waals surface area contributed by atoms with Crippen molar-refractivity contribution in [3.63, 3.8) is 0 Å². The fourth-order valence-electron chi connectivity index (χ4n) is 5.47. The monoisotopic (exact) mass is 553 g/mol. The van der Waals surface area contributed by atoms with Crippen molar-refractivity contribution in [2.75, 3.05) is 37.8 Å². The molecule has 41 heavy (non-hydrogen) atoms. The number of nitrogens with zero attached hydrogens (tertiary/aromatic N) is 6. The highest BCUT2D eigenvalue weighted by molar-refractivity contribution is 5.96. The third kappa shape index (κ3) is 5.71. The Morgan fingerprint density at radius 2 is 1.90 bits per heavy atom. The molecule has 1 aliphatic heterocycles. The van der Waals surface area contributed by atoms with Crippen molar-refractivity contribution >= 4 is 40.0 Å². The molecular formula is C30H35N9O2. The Labute approximate surface area is 238 Å². The second-order valence-electron chi connectivity index (χ2n) is 10.8. The summed E-state index contributed by atoms with van der Waals surface area (Å²) in [4.78, 5) is 41.8. The van der Waals surface area contributed by atoms with E-state index in [1.807, 2.05) is 35.0 Å². The second kappa shape index (κ2) is 11.5. The minimum Gasteiger partial charge on any atom is -0.382 e. The highest BCUT2D eigenvalue weighted by Crippen LogP contribution is 2.25. The summed E-state index contributed by atoms with van der Waals surface area (Å²) in [5.41, 5.74) is 3.16. The lowest BCUT2D eigenvalue weighted by atomic mass is 10.1. The van der Waals surface area contributed by atoms with Gasteiger partial charge in [-0.15, -0.1) is 0 Å². The van der Waals surface area contributed by atoms with Crippen molar-refractivity contribution in [1.82, 2.24) is 34.3 Å². The van der Waals surface area contributed by atoms with Crippen LogP contribution in [-0.2, 0) is 6.54 Å². The Morgan fingerprint density at radius 3 is 2.63 bits per heavy atom. The molecule has 1 aliphatic carbocycles. The minimum absolute atomic E-state index is 0.0711. The Kier molecular flexibility index (Phi) is 7.51. The van der Waals surface area contributed by atoms with Gasteiger partial charge in [-0.05, 0) is 75.5 Å². The number of hydrogen-bond donors (Lipinski definition) is 3. The number of imidazole rings is 1. The maximum absolute atomic E-state index is 13.7. The molecule has 0 atom stereocenters. The van der Waals surface area contributed by atoms with Crippen LogP contribution >= 0.6 is 0 Å². The zero-order valence-corrected chi connectivity index (χ0v) is 23.4. The summed E-state index contributed by atoms with van der Waals surface area (Å²) < 4.78 is 3.56. The average molecular weight is 554 g/mol. The lowest BCUT2D eigenvalue weighted by Crippen LogP contribution is -2.35. The molecule has 1 amide bonds. The van der Waals surface area contributed by atoms with Crippen LogP contribution in [-0.4, -0.2) is 68.1 Å². The lowest BCUT2D eigenvalue weighted by molar-refractivity contribution is 0.0825. The standard InChI is InChI=1S/C30H35N9O2/c1-37(2)28(40)25-17-20-18-33-30(35-22-9-7-21(8-10-22)34-23-11-13-31-14-12-23)36-27(20)39(29(25)41)19-26-32-15-16-38(26)24-5-3-4-6-24/h5,7-10,15-18,23,31,34H,3-4,6,11-14,19H2,1-2H3,(H,33,35,36). The Hall–Kier alpha value is -4.51. The first-order valence-corrected chi connectivity index (χ1v) is 14.1. The summed E-state index contributed by atoms with van der Waals surface area (Å²) in [7, 11) is 3.26. The van der Waals surface area contributed by atoms with Crippen molar-refractivity contribution in [3.05, 3.63) is 76.7 Å². The van der Waals surface area contributed by atoms with Gasteiger partial charge in [-0.3, -0.25) is 14.2 Å². The van der Waals surface area contributed by atoms with E-state index in [1.54, 1.807) is 32.6 Å². The molecule has 11 nitrogen and oxygen atoms in total. The SMILES string of the molecule is CN(C)C(=O)c1cc2cnc(Nc3ccc(NC4CCNCC4)cc3)nc2n(Cc2nccn2C2=CCCC2)c1=O. The zero-order chi connectivity index (χ0) is 28.3. The van der Waals surface area contributed by atoms with E-state index in [2.05, 4.69) is 32.0 Å². The number of benzene rings is 1. The number of carbonyl (C=O) groups excluding carboxylic acids is 1. The third-order valence-electron chi connectivity index (χ3n) is 7.66. The van der Waals surface area contributed by atoms with Gasteiger partial charge in [0, 0.05) is 61.2 Å². The molecule has 4 heterocycles. The van der Waals surface area contributed by atoms with Gasteiger partial charge in [0.2, 0.25) is 5.95 Å². The van der Waals surface area contributed by atoms with Crippen molar-refractivity contribution < 1.29 is 4.79 Å². The number of rotatable bonds is 8. The van der Waals surface area contributed by atoms with E-state index < -0.39 is 5.56 Å². The van der Waals surface area contributed by atoms with Gasteiger partial charge in [-0.2, -0.15) is 4.98 Å². The number of aromatic nitrogens is 5. The smallest absolute Gasteiger partial charge is 0.265 e.